The summed E-state index contributed by atoms with van der Waals surface area (Å²) in [5.41, 5.74) is 11.4. The Hall–Kier alpha value is -2.92. The average molecular weight is 336 g/mol. The van der Waals surface area contributed by atoms with Crippen molar-refractivity contribution in [3.63, 3.8) is 0 Å². The van der Waals surface area contributed by atoms with Gasteiger partial charge in [-0.3, -0.25) is 5.10 Å². The van der Waals surface area contributed by atoms with Crippen LogP contribution in [0.4, 0.5) is 5.82 Å². The third kappa shape index (κ3) is 2.39. The standard InChI is InChI=1S/C18H14ClN5/c1-10-3-2-4-12(9-10)16-14(11-5-7-13(19)8-6-11)15-17(20)22-24-18(15)23-21-16/h2-9H,1H3,(H3,20,22,23,24). The van der Waals surface area contributed by atoms with Crippen LogP contribution >= 0.6 is 11.6 Å². The maximum Gasteiger partial charge on any atom is 0.180 e. The minimum Gasteiger partial charge on any atom is -0.382 e. The van der Waals surface area contributed by atoms with Crippen molar-refractivity contribution in [2.75, 3.05) is 5.73 Å². The molecule has 0 bridgehead atoms. The normalized spacial score (nSPS) is 11.1. The molecule has 0 atom stereocenters. The molecule has 0 saturated carbocycles. The predicted octanol–water partition coefficient (Wildman–Crippen LogP) is 4.23. The largest absolute Gasteiger partial charge is 0.382 e. The van der Waals surface area contributed by atoms with Gasteiger partial charge in [0.1, 0.15) is 5.69 Å². The number of benzene rings is 2. The van der Waals surface area contributed by atoms with E-state index in [0.29, 0.717) is 16.5 Å². The molecule has 118 valence electrons. The van der Waals surface area contributed by atoms with Crippen LogP contribution in [-0.2, 0) is 0 Å². The number of anilines is 1. The number of nitrogens with zero attached hydrogens (tertiary/aromatic N) is 3. The van der Waals surface area contributed by atoms with E-state index >= 15 is 0 Å². The van der Waals surface area contributed by atoms with Gasteiger partial charge in [0, 0.05) is 16.1 Å². The number of fused-ring (bicyclic) bond motifs is 1. The monoisotopic (exact) mass is 335 g/mol. The fourth-order valence-electron chi connectivity index (χ4n) is 2.83. The molecule has 0 aliphatic rings. The van der Waals surface area contributed by atoms with E-state index in [-0.39, 0.29) is 0 Å². The molecule has 0 amide bonds. The van der Waals surface area contributed by atoms with Crippen molar-refractivity contribution < 1.29 is 0 Å². The van der Waals surface area contributed by atoms with Crippen molar-refractivity contribution in [3.05, 3.63) is 59.1 Å². The Morgan fingerprint density at radius 3 is 2.54 bits per heavy atom. The van der Waals surface area contributed by atoms with Crippen LogP contribution in [-0.4, -0.2) is 20.4 Å². The second-order valence-electron chi connectivity index (χ2n) is 5.63. The molecule has 2 aromatic carbocycles. The van der Waals surface area contributed by atoms with E-state index < -0.39 is 0 Å². The summed E-state index contributed by atoms with van der Waals surface area (Å²) in [6, 6.07) is 15.7. The van der Waals surface area contributed by atoms with Gasteiger partial charge in [0.15, 0.2) is 11.5 Å². The van der Waals surface area contributed by atoms with Gasteiger partial charge in [-0.15, -0.1) is 10.2 Å². The first-order valence-electron chi connectivity index (χ1n) is 7.46. The molecule has 0 radical (unpaired) electrons. The molecule has 4 rings (SSSR count). The van der Waals surface area contributed by atoms with Gasteiger partial charge in [-0.2, -0.15) is 5.10 Å². The van der Waals surface area contributed by atoms with Gasteiger partial charge in [0.2, 0.25) is 0 Å². The average Bonchev–Trinajstić information content (AvgIpc) is 2.96. The van der Waals surface area contributed by atoms with Crippen LogP contribution in [0.2, 0.25) is 5.02 Å². The second-order valence-corrected chi connectivity index (χ2v) is 6.07. The molecule has 0 fully saturated rings. The molecule has 24 heavy (non-hydrogen) atoms. The number of aromatic amines is 1. The summed E-state index contributed by atoms with van der Waals surface area (Å²) in [6.45, 7) is 2.05. The molecule has 3 N–H and O–H groups in total. The quantitative estimate of drug-likeness (QED) is 0.574. The number of nitrogens with one attached hydrogen (secondary N) is 1. The number of aryl methyl sites for hydroxylation is 1. The van der Waals surface area contributed by atoms with E-state index in [1.165, 1.54) is 0 Å². The lowest BCUT2D eigenvalue weighted by atomic mass is 9.96. The first kappa shape index (κ1) is 14.7. The Bertz CT molecular complexity index is 1040. The molecule has 5 nitrogen and oxygen atoms in total. The summed E-state index contributed by atoms with van der Waals surface area (Å²) < 4.78 is 0. The van der Waals surface area contributed by atoms with Gasteiger partial charge in [0.25, 0.3) is 0 Å². The maximum absolute atomic E-state index is 6.08. The number of aromatic nitrogens is 4. The Morgan fingerprint density at radius 1 is 1.00 bits per heavy atom. The topological polar surface area (TPSA) is 80.5 Å². The Kier molecular flexibility index (Phi) is 3.43. The number of hydrogen-bond acceptors (Lipinski definition) is 4. The van der Waals surface area contributed by atoms with Crippen molar-refractivity contribution in [2.45, 2.75) is 6.92 Å². The summed E-state index contributed by atoms with van der Waals surface area (Å²) in [7, 11) is 0. The molecule has 0 aliphatic heterocycles. The van der Waals surface area contributed by atoms with E-state index in [1.807, 2.05) is 49.4 Å². The van der Waals surface area contributed by atoms with Crippen molar-refractivity contribution in [1.29, 1.82) is 0 Å². The molecule has 0 aliphatic carbocycles. The number of rotatable bonds is 2. The van der Waals surface area contributed by atoms with Crippen LogP contribution in [0.15, 0.2) is 48.5 Å². The highest BCUT2D eigenvalue weighted by Crippen LogP contribution is 2.37. The van der Waals surface area contributed by atoms with Crippen LogP contribution < -0.4 is 5.73 Å². The summed E-state index contributed by atoms with van der Waals surface area (Å²) in [5, 5.41) is 17.0. The summed E-state index contributed by atoms with van der Waals surface area (Å²) in [6.07, 6.45) is 0. The fourth-order valence-corrected chi connectivity index (χ4v) is 2.95. The zero-order chi connectivity index (χ0) is 16.7. The van der Waals surface area contributed by atoms with Gasteiger partial charge in [-0.1, -0.05) is 47.5 Å². The number of nitrogen functional groups attached to an aromatic ring is 1. The van der Waals surface area contributed by atoms with E-state index in [2.05, 4.69) is 26.5 Å². The van der Waals surface area contributed by atoms with Gasteiger partial charge >= 0.3 is 0 Å². The number of hydrogen-bond donors (Lipinski definition) is 2. The Balaban J connectivity index is 2.08. The van der Waals surface area contributed by atoms with Crippen LogP contribution in [0.25, 0.3) is 33.4 Å². The summed E-state index contributed by atoms with van der Waals surface area (Å²) >= 11 is 6.03. The third-order valence-electron chi connectivity index (χ3n) is 3.94. The fraction of sp³-hybridized carbons (Fsp3) is 0.0556. The zero-order valence-electron chi connectivity index (χ0n) is 12.9. The smallest absolute Gasteiger partial charge is 0.180 e. The maximum atomic E-state index is 6.08. The van der Waals surface area contributed by atoms with Crippen molar-refractivity contribution in [2.24, 2.45) is 0 Å². The first-order chi connectivity index (χ1) is 11.6. The number of nitrogens with two attached hydrogens (primary N) is 1. The van der Waals surface area contributed by atoms with Crippen molar-refractivity contribution >= 4 is 28.5 Å². The zero-order valence-corrected chi connectivity index (χ0v) is 13.7. The molecule has 4 aromatic rings. The predicted molar refractivity (Wildman–Crippen MR) is 96.7 cm³/mol. The Labute approximate surface area is 143 Å². The van der Waals surface area contributed by atoms with Gasteiger partial charge in [-0.25, -0.2) is 0 Å². The number of halogens is 1. The molecular formula is C18H14ClN5. The SMILES string of the molecule is Cc1cccc(-c2nnc3[nH]nc(N)c3c2-c2ccc(Cl)cc2)c1. The molecular weight excluding hydrogens is 322 g/mol. The third-order valence-corrected chi connectivity index (χ3v) is 4.19. The minimum absolute atomic E-state index is 0.402. The van der Waals surface area contributed by atoms with Crippen LogP contribution in [0.1, 0.15) is 5.56 Å². The van der Waals surface area contributed by atoms with E-state index in [9.17, 15) is 0 Å². The highest BCUT2D eigenvalue weighted by molar-refractivity contribution is 6.30. The van der Waals surface area contributed by atoms with Gasteiger partial charge in [0.05, 0.1) is 5.39 Å². The van der Waals surface area contributed by atoms with Crippen molar-refractivity contribution in [3.8, 4) is 22.4 Å². The van der Waals surface area contributed by atoms with Crippen LogP contribution in [0, 0.1) is 6.92 Å². The summed E-state index contributed by atoms with van der Waals surface area (Å²) in [5.74, 6) is 0.402. The van der Waals surface area contributed by atoms with E-state index in [0.717, 1.165) is 33.3 Å². The minimum atomic E-state index is 0.402. The molecule has 0 saturated heterocycles. The molecule has 0 unspecified atom stereocenters. The highest BCUT2D eigenvalue weighted by Gasteiger charge is 2.18. The second kappa shape index (κ2) is 5.62. The lowest BCUT2D eigenvalue weighted by Crippen LogP contribution is -1.96. The molecule has 2 heterocycles. The van der Waals surface area contributed by atoms with Crippen molar-refractivity contribution in [1.82, 2.24) is 20.4 Å². The number of H-pyrrole nitrogens is 1. The first-order valence-corrected chi connectivity index (χ1v) is 7.84. The van der Waals surface area contributed by atoms with E-state index in [1.54, 1.807) is 0 Å². The Morgan fingerprint density at radius 2 is 1.79 bits per heavy atom. The lowest BCUT2D eigenvalue weighted by molar-refractivity contribution is 1.03. The van der Waals surface area contributed by atoms with Crippen LogP contribution in [0.3, 0.4) is 0 Å². The van der Waals surface area contributed by atoms with Crippen LogP contribution in [0.5, 0.6) is 0 Å². The lowest BCUT2D eigenvalue weighted by Gasteiger charge is -2.11. The van der Waals surface area contributed by atoms with Gasteiger partial charge < -0.3 is 5.73 Å². The molecule has 2 aromatic heterocycles. The van der Waals surface area contributed by atoms with Gasteiger partial charge in [-0.05, 0) is 30.7 Å². The van der Waals surface area contributed by atoms with E-state index in [4.69, 9.17) is 17.3 Å². The highest BCUT2D eigenvalue weighted by atomic mass is 35.5. The molecule has 6 heteroatoms. The summed E-state index contributed by atoms with van der Waals surface area (Å²) in [4.78, 5) is 0. The molecule has 0 spiro atoms.